The first kappa shape index (κ1) is 21.1. The number of nitrogens with zero attached hydrogens (tertiary/aromatic N) is 3. The van der Waals surface area contributed by atoms with Crippen LogP contribution in [0.2, 0.25) is 15.1 Å². The van der Waals surface area contributed by atoms with E-state index in [1.54, 1.807) is 4.57 Å². The average molecular weight is 486 g/mol. The predicted octanol–water partition coefficient (Wildman–Crippen LogP) is 5.02. The average Bonchev–Trinajstić information content (AvgIpc) is 3.09. The summed E-state index contributed by atoms with van der Waals surface area (Å²) in [4.78, 5) is 12.3. The molecule has 0 bridgehead atoms. The lowest BCUT2D eigenvalue weighted by molar-refractivity contribution is -0.113. The van der Waals surface area contributed by atoms with Gasteiger partial charge in [0, 0.05) is 12.1 Å². The van der Waals surface area contributed by atoms with Crippen LogP contribution >= 0.6 is 46.6 Å². The van der Waals surface area contributed by atoms with Crippen LogP contribution in [0.3, 0.4) is 0 Å². The van der Waals surface area contributed by atoms with E-state index < -0.39 is 6.10 Å². The molecule has 1 amide bonds. The summed E-state index contributed by atoms with van der Waals surface area (Å²) in [6.45, 7) is 0.321. The number of aromatic nitrogens is 3. The van der Waals surface area contributed by atoms with Gasteiger partial charge in [-0.25, -0.2) is 0 Å². The van der Waals surface area contributed by atoms with Gasteiger partial charge in [-0.2, -0.15) is 0 Å². The molecule has 3 aromatic rings. The Labute approximate surface area is 191 Å². The molecule has 1 N–H and O–H groups in total. The van der Waals surface area contributed by atoms with Crippen LogP contribution in [0.1, 0.15) is 11.9 Å². The Balaban J connectivity index is 1.40. The molecule has 0 spiro atoms. The summed E-state index contributed by atoms with van der Waals surface area (Å²) in [6.07, 6.45) is -0.396. The third kappa shape index (κ3) is 4.46. The number of thioether (sulfide) groups is 1. The minimum atomic E-state index is -0.396. The zero-order valence-electron chi connectivity index (χ0n) is 15.6. The monoisotopic (exact) mass is 484 g/mol. The number of amides is 1. The van der Waals surface area contributed by atoms with Gasteiger partial charge in [-0.15, -0.1) is 10.2 Å². The van der Waals surface area contributed by atoms with Gasteiger partial charge in [0.15, 0.2) is 28.6 Å². The normalized spacial score (nSPS) is 15.1. The zero-order valence-corrected chi connectivity index (χ0v) is 18.6. The first-order valence-corrected chi connectivity index (χ1v) is 10.9. The van der Waals surface area contributed by atoms with E-state index in [9.17, 15) is 4.79 Å². The maximum atomic E-state index is 12.3. The van der Waals surface area contributed by atoms with Gasteiger partial charge in [0.25, 0.3) is 0 Å². The molecule has 2 heterocycles. The SMILES string of the molecule is Cn1c(SCC(=O)Nc2c(Cl)cc(Cl)cc2Cl)nnc1C1COc2ccccc2O1. The van der Waals surface area contributed by atoms with Crippen molar-refractivity contribution < 1.29 is 14.3 Å². The van der Waals surface area contributed by atoms with Crippen molar-refractivity contribution in [2.45, 2.75) is 11.3 Å². The fourth-order valence-electron chi connectivity index (χ4n) is 2.85. The summed E-state index contributed by atoms with van der Waals surface area (Å²) in [7, 11) is 1.81. The molecule has 4 rings (SSSR count). The largest absolute Gasteiger partial charge is 0.485 e. The van der Waals surface area contributed by atoms with Crippen LogP contribution in [0.25, 0.3) is 0 Å². The lowest BCUT2D eigenvalue weighted by atomic mass is 10.2. The number of fused-ring (bicyclic) bond motifs is 1. The molecule has 0 radical (unpaired) electrons. The summed E-state index contributed by atoms with van der Waals surface area (Å²) in [6, 6.07) is 10.5. The Morgan fingerprint density at radius 2 is 1.90 bits per heavy atom. The van der Waals surface area contributed by atoms with Crippen molar-refractivity contribution in [3.63, 3.8) is 0 Å². The Bertz CT molecular complexity index is 1090. The third-order valence-corrected chi connectivity index (χ3v) is 6.10. The molecule has 1 aromatic heterocycles. The molecule has 0 saturated carbocycles. The minimum Gasteiger partial charge on any atom is -0.485 e. The zero-order chi connectivity index (χ0) is 21.3. The summed E-state index contributed by atoms with van der Waals surface area (Å²) in [5.41, 5.74) is 0.318. The quantitative estimate of drug-likeness (QED) is 0.511. The number of ether oxygens (including phenoxy) is 2. The smallest absolute Gasteiger partial charge is 0.234 e. The lowest BCUT2D eigenvalue weighted by Crippen LogP contribution is -2.24. The van der Waals surface area contributed by atoms with Gasteiger partial charge in [0.2, 0.25) is 5.91 Å². The molecular weight excluding hydrogens is 471 g/mol. The van der Waals surface area contributed by atoms with Crippen molar-refractivity contribution in [3.05, 3.63) is 57.3 Å². The number of hydrogen-bond acceptors (Lipinski definition) is 6. The highest BCUT2D eigenvalue weighted by Crippen LogP contribution is 2.36. The van der Waals surface area contributed by atoms with E-state index in [1.807, 2.05) is 31.3 Å². The van der Waals surface area contributed by atoms with E-state index in [2.05, 4.69) is 15.5 Å². The second kappa shape index (κ2) is 8.93. The highest BCUT2D eigenvalue weighted by atomic mass is 35.5. The molecule has 11 heteroatoms. The summed E-state index contributed by atoms with van der Waals surface area (Å²) in [5, 5.41) is 12.6. The van der Waals surface area contributed by atoms with Gasteiger partial charge < -0.3 is 19.4 Å². The number of carbonyl (C=O) groups is 1. The number of anilines is 1. The van der Waals surface area contributed by atoms with Crippen molar-refractivity contribution in [3.8, 4) is 11.5 Å². The summed E-state index contributed by atoms with van der Waals surface area (Å²) in [5.74, 6) is 1.76. The fourth-order valence-corrected chi connectivity index (χ4v) is 4.48. The van der Waals surface area contributed by atoms with E-state index in [1.165, 1.54) is 23.9 Å². The van der Waals surface area contributed by atoms with Gasteiger partial charge in [-0.3, -0.25) is 4.79 Å². The van der Waals surface area contributed by atoms with E-state index in [-0.39, 0.29) is 21.7 Å². The lowest BCUT2D eigenvalue weighted by Gasteiger charge is -2.25. The molecule has 0 aliphatic carbocycles. The molecule has 1 aliphatic rings. The molecule has 1 aliphatic heterocycles. The molecule has 1 atom stereocenters. The van der Waals surface area contributed by atoms with Gasteiger partial charge in [0.05, 0.1) is 21.5 Å². The van der Waals surface area contributed by atoms with Crippen molar-refractivity contribution >= 4 is 58.2 Å². The van der Waals surface area contributed by atoms with Crippen LogP contribution in [0.15, 0.2) is 41.6 Å². The number of halogens is 3. The standard InChI is InChI=1S/C19H15Cl3N4O3S/c1-26-18(15-8-28-13-4-2-3-5-14(13)29-15)24-25-19(26)30-9-16(27)23-17-11(21)6-10(20)7-12(17)22/h2-7,15H,8-9H2,1H3,(H,23,27). The molecule has 0 saturated heterocycles. The first-order valence-electron chi connectivity index (χ1n) is 8.77. The summed E-state index contributed by atoms with van der Waals surface area (Å²) >= 11 is 19.3. The van der Waals surface area contributed by atoms with Crippen LogP contribution in [0.4, 0.5) is 5.69 Å². The van der Waals surface area contributed by atoms with Gasteiger partial charge in [0.1, 0.15) is 6.61 Å². The van der Waals surface area contributed by atoms with Crippen LogP contribution < -0.4 is 14.8 Å². The number of hydrogen-bond donors (Lipinski definition) is 1. The second-order valence-corrected chi connectivity index (χ2v) is 8.54. The van der Waals surface area contributed by atoms with Crippen molar-refractivity contribution in [2.75, 3.05) is 17.7 Å². The van der Waals surface area contributed by atoms with E-state index >= 15 is 0 Å². The van der Waals surface area contributed by atoms with Crippen LogP contribution in [-0.2, 0) is 11.8 Å². The maximum absolute atomic E-state index is 12.3. The number of rotatable bonds is 5. The molecule has 7 nitrogen and oxygen atoms in total. The molecule has 2 aromatic carbocycles. The van der Waals surface area contributed by atoms with Gasteiger partial charge >= 0.3 is 0 Å². The Morgan fingerprint density at radius 3 is 2.63 bits per heavy atom. The molecular formula is C19H15Cl3N4O3S. The number of nitrogens with one attached hydrogen (secondary N) is 1. The molecule has 0 fully saturated rings. The van der Waals surface area contributed by atoms with Crippen molar-refractivity contribution in [1.29, 1.82) is 0 Å². The Morgan fingerprint density at radius 1 is 1.20 bits per heavy atom. The molecule has 156 valence electrons. The van der Waals surface area contributed by atoms with E-state index in [0.717, 1.165) is 0 Å². The number of carbonyl (C=O) groups excluding carboxylic acids is 1. The maximum Gasteiger partial charge on any atom is 0.234 e. The number of para-hydroxylation sites is 2. The van der Waals surface area contributed by atoms with Crippen LogP contribution in [0.5, 0.6) is 11.5 Å². The fraction of sp³-hybridized carbons (Fsp3) is 0.211. The molecule has 1 unspecified atom stereocenters. The first-order chi connectivity index (χ1) is 14.4. The van der Waals surface area contributed by atoms with Gasteiger partial charge in [-0.05, 0) is 24.3 Å². The Hall–Kier alpha value is -2.13. The predicted molar refractivity (Wildman–Crippen MR) is 117 cm³/mol. The highest BCUT2D eigenvalue weighted by Gasteiger charge is 2.27. The third-order valence-electron chi connectivity index (χ3n) is 4.27. The van der Waals surface area contributed by atoms with E-state index in [4.69, 9.17) is 44.3 Å². The van der Waals surface area contributed by atoms with E-state index in [0.29, 0.717) is 39.8 Å². The highest BCUT2D eigenvalue weighted by molar-refractivity contribution is 7.99. The molecule has 30 heavy (non-hydrogen) atoms. The minimum absolute atomic E-state index is 0.0894. The van der Waals surface area contributed by atoms with Crippen LogP contribution in [-0.4, -0.2) is 33.0 Å². The second-order valence-electron chi connectivity index (χ2n) is 6.35. The van der Waals surface area contributed by atoms with Gasteiger partial charge in [-0.1, -0.05) is 58.7 Å². The topological polar surface area (TPSA) is 78.3 Å². The number of benzene rings is 2. The van der Waals surface area contributed by atoms with Crippen molar-refractivity contribution in [2.24, 2.45) is 7.05 Å². The Kier molecular flexibility index (Phi) is 6.29. The van der Waals surface area contributed by atoms with Crippen LogP contribution in [0, 0.1) is 0 Å². The van der Waals surface area contributed by atoms with Crippen molar-refractivity contribution in [1.82, 2.24) is 14.8 Å². The summed E-state index contributed by atoms with van der Waals surface area (Å²) < 4.78 is 13.5.